The summed E-state index contributed by atoms with van der Waals surface area (Å²) in [6.45, 7) is 4.89. The van der Waals surface area contributed by atoms with Crippen molar-refractivity contribution in [2.45, 2.75) is 20.8 Å². The first kappa shape index (κ1) is 13.8. The van der Waals surface area contributed by atoms with Crippen molar-refractivity contribution in [1.29, 1.82) is 0 Å². The summed E-state index contributed by atoms with van der Waals surface area (Å²) in [6.07, 6.45) is 0. The molecular formula is C14H13NO5. The number of aryl methyl sites for hydroxylation is 3. The van der Waals surface area contributed by atoms with Crippen LogP contribution in [0.1, 0.15) is 37.7 Å². The first-order valence-electron chi connectivity index (χ1n) is 5.88. The third-order valence-electron chi connectivity index (χ3n) is 3.14. The van der Waals surface area contributed by atoms with Crippen molar-refractivity contribution in [3.63, 3.8) is 0 Å². The Morgan fingerprint density at radius 1 is 1.05 bits per heavy atom. The fourth-order valence-electron chi connectivity index (χ4n) is 2.26. The molecule has 104 valence electrons. The van der Waals surface area contributed by atoms with Gasteiger partial charge in [-0.15, -0.1) is 0 Å². The molecule has 6 heteroatoms. The number of hydrogen-bond acceptors (Lipinski definition) is 4. The molecule has 0 spiro atoms. The zero-order valence-corrected chi connectivity index (χ0v) is 11.2. The average Bonchev–Trinajstić information content (AvgIpc) is 2.67. The molecule has 0 saturated carbocycles. The Morgan fingerprint density at radius 2 is 1.70 bits per heavy atom. The van der Waals surface area contributed by atoms with Crippen LogP contribution in [0.5, 0.6) is 0 Å². The van der Waals surface area contributed by atoms with E-state index in [1.54, 1.807) is 20.8 Å². The second kappa shape index (κ2) is 4.80. The predicted octanol–water partition coefficient (Wildman–Crippen LogP) is 2.66. The van der Waals surface area contributed by atoms with Crippen molar-refractivity contribution in [2.75, 3.05) is 0 Å². The van der Waals surface area contributed by atoms with E-state index in [1.807, 2.05) is 0 Å². The molecule has 2 rings (SSSR count). The summed E-state index contributed by atoms with van der Waals surface area (Å²) < 4.78 is 5.02. The molecular weight excluding hydrogens is 262 g/mol. The standard InChI is InChI=1S/C14H13NO5/c1-6-4-5-9(13(16)17)12(10(6)14(18)19)11-7(2)15-20-8(11)3/h4-5H,1-3H3,(H,16,17)(H,18,19). The van der Waals surface area contributed by atoms with Gasteiger partial charge in [-0.1, -0.05) is 11.2 Å². The number of carboxylic acid groups (broad SMARTS) is 2. The Hall–Kier alpha value is -2.63. The van der Waals surface area contributed by atoms with E-state index >= 15 is 0 Å². The number of carbonyl (C=O) groups is 2. The van der Waals surface area contributed by atoms with Gasteiger partial charge in [0.2, 0.25) is 0 Å². The lowest BCUT2D eigenvalue weighted by molar-refractivity contribution is 0.0695. The van der Waals surface area contributed by atoms with E-state index in [1.165, 1.54) is 12.1 Å². The van der Waals surface area contributed by atoms with Crippen LogP contribution in [0.2, 0.25) is 0 Å². The van der Waals surface area contributed by atoms with Crippen LogP contribution in [0.25, 0.3) is 11.1 Å². The molecule has 0 bridgehead atoms. The van der Waals surface area contributed by atoms with Gasteiger partial charge >= 0.3 is 11.9 Å². The van der Waals surface area contributed by atoms with Crippen LogP contribution in [0.4, 0.5) is 0 Å². The highest BCUT2D eigenvalue weighted by molar-refractivity contribution is 6.06. The van der Waals surface area contributed by atoms with Crippen molar-refractivity contribution in [2.24, 2.45) is 0 Å². The molecule has 20 heavy (non-hydrogen) atoms. The Kier molecular flexibility index (Phi) is 3.31. The summed E-state index contributed by atoms with van der Waals surface area (Å²) in [6, 6.07) is 2.87. The Labute approximate surface area is 114 Å². The second-order valence-corrected chi connectivity index (χ2v) is 4.49. The summed E-state index contributed by atoms with van der Waals surface area (Å²) in [5, 5.41) is 22.5. The molecule has 0 amide bonds. The van der Waals surface area contributed by atoms with Crippen LogP contribution < -0.4 is 0 Å². The fraction of sp³-hybridized carbons (Fsp3) is 0.214. The SMILES string of the molecule is Cc1ccc(C(=O)O)c(-c2c(C)noc2C)c1C(=O)O. The average molecular weight is 275 g/mol. The van der Waals surface area contributed by atoms with E-state index < -0.39 is 11.9 Å². The Bertz CT molecular complexity index is 695. The first-order valence-corrected chi connectivity index (χ1v) is 5.88. The minimum absolute atomic E-state index is 0.0423. The number of aromatic carboxylic acids is 2. The molecule has 6 nitrogen and oxygen atoms in total. The minimum Gasteiger partial charge on any atom is -0.478 e. The van der Waals surface area contributed by atoms with Gasteiger partial charge in [0.25, 0.3) is 0 Å². The molecule has 2 N–H and O–H groups in total. The first-order chi connectivity index (χ1) is 9.34. The van der Waals surface area contributed by atoms with Gasteiger partial charge in [-0.2, -0.15) is 0 Å². The molecule has 0 aliphatic carbocycles. The molecule has 0 radical (unpaired) electrons. The second-order valence-electron chi connectivity index (χ2n) is 4.49. The molecule has 0 aliphatic rings. The zero-order valence-electron chi connectivity index (χ0n) is 11.2. The van der Waals surface area contributed by atoms with Crippen molar-refractivity contribution < 1.29 is 24.3 Å². The van der Waals surface area contributed by atoms with Crippen LogP contribution in [-0.4, -0.2) is 27.3 Å². The smallest absolute Gasteiger partial charge is 0.336 e. The quantitative estimate of drug-likeness (QED) is 0.893. The number of benzene rings is 1. The summed E-state index contributed by atoms with van der Waals surface area (Å²) in [7, 11) is 0. The molecule has 0 fully saturated rings. The van der Waals surface area contributed by atoms with Crippen molar-refractivity contribution in [3.8, 4) is 11.1 Å². The van der Waals surface area contributed by atoms with Crippen LogP contribution in [0.15, 0.2) is 16.7 Å². The number of hydrogen-bond donors (Lipinski definition) is 2. The Balaban J connectivity index is 2.95. The molecule has 0 unspecified atom stereocenters. The summed E-state index contributed by atoms with van der Waals surface area (Å²) >= 11 is 0. The van der Waals surface area contributed by atoms with Gasteiger partial charge in [-0.25, -0.2) is 9.59 Å². The normalized spacial score (nSPS) is 10.6. The lowest BCUT2D eigenvalue weighted by atomic mass is 9.90. The van der Waals surface area contributed by atoms with E-state index in [0.717, 1.165) is 0 Å². The van der Waals surface area contributed by atoms with Crippen LogP contribution >= 0.6 is 0 Å². The van der Waals surface area contributed by atoms with Crippen molar-refractivity contribution in [3.05, 3.63) is 40.3 Å². The predicted molar refractivity (Wildman–Crippen MR) is 70.1 cm³/mol. The maximum atomic E-state index is 11.5. The third-order valence-corrected chi connectivity index (χ3v) is 3.14. The van der Waals surface area contributed by atoms with Gasteiger partial charge in [0.15, 0.2) is 0 Å². The Morgan fingerprint density at radius 3 is 2.15 bits per heavy atom. The highest BCUT2D eigenvalue weighted by Gasteiger charge is 2.26. The maximum absolute atomic E-state index is 11.5. The topological polar surface area (TPSA) is 101 Å². The lowest BCUT2D eigenvalue weighted by Crippen LogP contribution is -2.09. The largest absolute Gasteiger partial charge is 0.478 e. The van der Waals surface area contributed by atoms with Gasteiger partial charge in [0.05, 0.1) is 16.8 Å². The number of carboxylic acids is 2. The third kappa shape index (κ3) is 2.05. The minimum atomic E-state index is -1.19. The number of aromatic nitrogens is 1. The molecule has 1 aromatic heterocycles. The summed E-state index contributed by atoms with van der Waals surface area (Å²) in [4.78, 5) is 22.9. The van der Waals surface area contributed by atoms with Gasteiger partial charge in [-0.3, -0.25) is 0 Å². The molecule has 1 heterocycles. The molecule has 2 aromatic rings. The van der Waals surface area contributed by atoms with Gasteiger partial charge in [0.1, 0.15) is 5.76 Å². The maximum Gasteiger partial charge on any atom is 0.336 e. The van der Waals surface area contributed by atoms with Gasteiger partial charge in [-0.05, 0) is 32.4 Å². The fourth-order valence-corrected chi connectivity index (χ4v) is 2.26. The van der Waals surface area contributed by atoms with E-state index in [4.69, 9.17) is 4.52 Å². The van der Waals surface area contributed by atoms with E-state index in [0.29, 0.717) is 22.6 Å². The molecule has 1 aromatic carbocycles. The molecule has 0 atom stereocenters. The molecule has 0 saturated heterocycles. The van der Waals surface area contributed by atoms with Gasteiger partial charge in [0, 0.05) is 11.1 Å². The van der Waals surface area contributed by atoms with E-state index in [-0.39, 0.29) is 16.7 Å². The van der Waals surface area contributed by atoms with Gasteiger partial charge < -0.3 is 14.7 Å². The van der Waals surface area contributed by atoms with E-state index in [9.17, 15) is 19.8 Å². The zero-order chi connectivity index (χ0) is 15.0. The summed E-state index contributed by atoms with van der Waals surface area (Å²) in [5.74, 6) is -1.98. The number of rotatable bonds is 3. The lowest BCUT2D eigenvalue weighted by Gasteiger charge is -2.12. The van der Waals surface area contributed by atoms with Crippen molar-refractivity contribution >= 4 is 11.9 Å². The summed E-state index contributed by atoms with van der Waals surface area (Å²) in [5.41, 5.74) is 1.38. The molecule has 0 aliphatic heterocycles. The highest BCUT2D eigenvalue weighted by Crippen LogP contribution is 2.34. The highest BCUT2D eigenvalue weighted by atomic mass is 16.5. The monoisotopic (exact) mass is 275 g/mol. The van der Waals surface area contributed by atoms with E-state index in [2.05, 4.69) is 5.16 Å². The van der Waals surface area contributed by atoms with Crippen molar-refractivity contribution in [1.82, 2.24) is 5.16 Å². The van der Waals surface area contributed by atoms with Crippen LogP contribution in [-0.2, 0) is 0 Å². The van der Waals surface area contributed by atoms with Crippen LogP contribution in [0, 0.1) is 20.8 Å². The number of nitrogens with zero attached hydrogens (tertiary/aromatic N) is 1. The van der Waals surface area contributed by atoms with Crippen LogP contribution in [0.3, 0.4) is 0 Å².